The van der Waals surface area contributed by atoms with Crippen LogP contribution in [0.2, 0.25) is 0 Å². The van der Waals surface area contributed by atoms with Crippen LogP contribution in [0.25, 0.3) is 10.8 Å². The van der Waals surface area contributed by atoms with Gasteiger partial charge in [-0.3, -0.25) is 9.35 Å². The number of phenols is 1. The van der Waals surface area contributed by atoms with Gasteiger partial charge in [0.25, 0.3) is 16.0 Å². The van der Waals surface area contributed by atoms with Crippen molar-refractivity contribution in [1.29, 1.82) is 0 Å². The Kier molecular flexibility index (Phi) is 4.31. The first-order valence-corrected chi connectivity index (χ1v) is 9.02. The number of phenolic OH excluding ortho intramolecular Hbond substituents is 1. The average molecular weight is 372 g/mol. The van der Waals surface area contributed by atoms with Crippen molar-refractivity contribution < 1.29 is 22.9 Å². The number of carbonyl (C=O) groups is 1. The topological polar surface area (TPSA) is 130 Å². The highest BCUT2D eigenvalue weighted by Gasteiger charge is 2.20. The minimum absolute atomic E-state index is 0.107. The van der Waals surface area contributed by atoms with E-state index in [2.05, 4.69) is 5.32 Å². The van der Waals surface area contributed by atoms with E-state index >= 15 is 0 Å². The number of anilines is 2. The van der Waals surface area contributed by atoms with E-state index in [0.717, 1.165) is 11.6 Å². The van der Waals surface area contributed by atoms with Crippen molar-refractivity contribution in [3.63, 3.8) is 0 Å². The van der Waals surface area contributed by atoms with Gasteiger partial charge in [-0.2, -0.15) is 8.42 Å². The number of hydrogen-bond donors (Lipinski definition) is 4. The van der Waals surface area contributed by atoms with Gasteiger partial charge in [-0.15, -0.1) is 0 Å². The van der Waals surface area contributed by atoms with Gasteiger partial charge < -0.3 is 16.2 Å². The smallest absolute Gasteiger partial charge is 0.298 e. The molecular formula is C18H16N2O5S. The zero-order chi connectivity index (χ0) is 19.1. The third kappa shape index (κ3) is 3.19. The van der Waals surface area contributed by atoms with Crippen LogP contribution in [0, 0.1) is 6.92 Å². The third-order valence-corrected chi connectivity index (χ3v) is 4.93. The molecule has 0 fully saturated rings. The maximum atomic E-state index is 12.5. The van der Waals surface area contributed by atoms with E-state index in [1.807, 2.05) is 6.92 Å². The van der Waals surface area contributed by atoms with E-state index in [4.69, 9.17) is 5.73 Å². The zero-order valence-corrected chi connectivity index (χ0v) is 14.5. The normalized spacial score (nSPS) is 11.5. The lowest BCUT2D eigenvalue weighted by atomic mass is 10.1. The van der Waals surface area contributed by atoms with Gasteiger partial charge in [0.05, 0.1) is 5.69 Å². The standard InChI is InChI=1S/C18H16N2O5S/c1-10-5-6-12(9-13(10)19)18(22)20-14-4-2-3-11-7-8-15(26(23,24)25)17(21)16(11)14/h2-9,21H,19H2,1H3,(H,20,22)(H,23,24,25). The molecule has 7 nitrogen and oxygen atoms in total. The number of aromatic hydroxyl groups is 1. The molecule has 1 amide bonds. The Labute approximate surface area is 149 Å². The molecule has 3 aromatic rings. The van der Waals surface area contributed by atoms with Crippen molar-refractivity contribution in [2.75, 3.05) is 11.1 Å². The largest absolute Gasteiger partial charge is 0.506 e. The van der Waals surface area contributed by atoms with E-state index in [0.29, 0.717) is 16.6 Å². The number of nitrogen functional groups attached to an aromatic ring is 1. The first-order valence-electron chi connectivity index (χ1n) is 7.58. The number of carbonyl (C=O) groups excluding carboxylic acids is 1. The van der Waals surface area contributed by atoms with Crippen LogP contribution in [0.5, 0.6) is 5.75 Å². The maximum absolute atomic E-state index is 12.5. The summed E-state index contributed by atoms with van der Waals surface area (Å²) in [5, 5.41) is 13.6. The molecule has 3 rings (SSSR count). The van der Waals surface area contributed by atoms with E-state index in [9.17, 15) is 22.9 Å². The van der Waals surface area contributed by atoms with Gasteiger partial charge in [-0.25, -0.2) is 0 Å². The maximum Gasteiger partial charge on any atom is 0.298 e. The van der Waals surface area contributed by atoms with E-state index in [1.54, 1.807) is 24.3 Å². The monoisotopic (exact) mass is 372 g/mol. The number of benzene rings is 3. The van der Waals surface area contributed by atoms with Crippen molar-refractivity contribution in [3.8, 4) is 5.75 Å². The lowest BCUT2D eigenvalue weighted by Crippen LogP contribution is -2.13. The molecular weight excluding hydrogens is 356 g/mol. The number of aryl methyl sites for hydroxylation is 1. The predicted octanol–water partition coefficient (Wildman–Crippen LogP) is 2.94. The molecule has 8 heteroatoms. The van der Waals surface area contributed by atoms with Gasteiger partial charge in [0.1, 0.15) is 10.6 Å². The molecule has 0 aromatic heterocycles. The van der Waals surface area contributed by atoms with Gasteiger partial charge in [0.2, 0.25) is 0 Å². The van der Waals surface area contributed by atoms with Gasteiger partial charge in [-0.05, 0) is 42.1 Å². The van der Waals surface area contributed by atoms with Crippen molar-refractivity contribution in [2.45, 2.75) is 11.8 Å². The van der Waals surface area contributed by atoms with Crippen molar-refractivity contribution >= 4 is 38.2 Å². The van der Waals surface area contributed by atoms with E-state index in [1.165, 1.54) is 18.2 Å². The molecule has 0 aliphatic heterocycles. The van der Waals surface area contributed by atoms with Crippen molar-refractivity contribution in [1.82, 2.24) is 0 Å². The fraction of sp³-hybridized carbons (Fsp3) is 0.0556. The summed E-state index contributed by atoms with van der Waals surface area (Å²) in [6.45, 7) is 1.82. The molecule has 0 spiro atoms. The molecule has 0 aliphatic carbocycles. The molecule has 134 valence electrons. The Morgan fingerprint density at radius 2 is 1.85 bits per heavy atom. The summed E-state index contributed by atoms with van der Waals surface area (Å²) < 4.78 is 32.1. The predicted molar refractivity (Wildman–Crippen MR) is 99.0 cm³/mol. The number of amides is 1. The average Bonchev–Trinajstić information content (AvgIpc) is 2.56. The highest BCUT2D eigenvalue weighted by atomic mass is 32.2. The summed E-state index contributed by atoms with van der Waals surface area (Å²) in [5.74, 6) is -1.11. The Balaban J connectivity index is 2.10. The van der Waals surface area contributed by atoms with Gasteiger partial charge in [0, 0.05) is 16.6 Å². The quantitative estimate of drug-likeness (QED) is 0.413. The summed E-state index contributed by atoms with van der Waals surface area (Å²) in [5.41, 5.74) is 7.64. The number of rotatable bonds is 3. The minimum Gasteiger partial charge on any atom is -0.506 e. The summed E-state index contributed by atoms with van der Waals surface area (Å²) in [7, 11) is -4.61. The minimum atomic E-state index is -4.61. The van der Waals surface area contributed by atoms with Gasteiger partial charge >= 0.3 is 0 Å². The number of fused-ring (bicyclic) bond motifs is 1. The van der Waals surface area contributed by atoms with Crippen LogP contribution >= 0.6 is 0 Å². The molecule has 0 unspecified atom stereocenters. The van der Waals surface area contributed by atoms with Crippen molar-refractivity contribution in [2.24, 2.45) is 0 Å². The molecule has 0 saturated carbocycles. The molecule has 0 heterocycles. The van der Waals surface area contributed by atoms with Crippen LogP contribution < -0.4 is 11.1 Å². The lowest BCUT2D eigenvalue weighted by Gasteiger charge is -2.12. The van der Waals surface area contributed by atoms with Gasteiger partial charge in [-0.1, -0.05) is 24.3 Å². The summed E-state index contributed by atoms with van der Waals surface area (Å²) in [6, 6.07) is 12.2. The fourth-order valence-corrected chi connectivity index (χ4v) is 3.22. The highest BCUT2D eigenvalue weighted by Crippen LogP contribution is 2.36. The van der Waals surface area contributed by atoms with E-state index < -0.39 is 26.7 Å². The second-order valence-corrected chi connectivity index (χ2v) is 7.21. The van der Waals surface area contributed by atoms with Crippen LogP contribution in [0.4, 0.5) is 11.4 Å². The van der Waals surface area contributed by atoms with Crippen molar-refractivity contribution in [3.05, 3.63) is 59.7 Å². The first-order chi connectivity index (χ1) is 12.2. The summed E-state index contributed by atoms with van der Waals surface area (Å²) in [4.78, 5) is 11.9. The molecule has 5 N–H and O–H groups in total. The molecule has 0 bridgehead atoms. The Morgan fingerprint density at radius 1 is 1.12 bits per heavy atom. The second kappa shape index (κ2) is 6.32. The molecule has 3 aromatic carbocycles. The fourth-order valence-electron chi connectivity index (χ4n) is 2.63. The number of hydrogen-bond acceptors (Lipinski definition) is 5. The van der Waals surface area contributed by atoms with Crippen LogP contribution in [0.1, 0.15) is 15.9 Å². The Bertz CT molecular complexity index is 1140. The van der Waals surface area contributed by atoms with Crippen LogP contribution in [0.3, 0.4) is 0 Å². The highest BCUT2D eigenvalue weighted by molar-refractivity contribution is 7.86. The molecule has 0 atom stereocenters. The van der Waals surface area contributed by atoms with E-state index in [-0.39, 0.29) is 11.1 Å². The number of nitrogens with two attached hydrogens (primary N) is 1. The molecule has 0 saturated heterocycles. The second-order valence-electron chi connectivity index (χ2n) is 5.82. The van der Waals surface area contributed by atoms with Crippen LogP contribution in [-0.4, -0.2) is 24.0 Å². The SMILES string of the molecule is Cc1ccc(C(=O)Nc2cccc3ccc(S(=O)(=O)O)c(O)c23)cc1N. The van der Waals surface area contributed by atoms with Gasteiger partial charge in [0.15, 0.2) is 0 Å². The number of nitrogens with one attached hydrogen (secondary N) is 1. The molecule has 0 radical (unpaired) electrons. The van der Waals surface area contributed by atoms with Crippen LogP contribution in [0.15, 0.2) is 53.4 Å². The lowest BCUT2D eigenvalue weighted by molar-refractivity contribution is 0.102. The zero-order valence-electron chi connectivity index (χ0n) is 13.7. The first kappa shape index (κ1) is 17.7. The molecule has 0 aliphatic rings. The third-order valence-electron chi connectivity index (χ3n) is 4.05. The summed E-state index contributed by atoms with van der Waals surface area (Å²) in [6.07, 6.45) is 0. The Morgan fingerprint density at radius 3 is 2.50 bits per heavy atom. The van der Waals surface area contributed by atoms with Crippen LogP contribution in [-0.2, 0) is 10.1 Å². The Hall–Kier alpha value is -3.10. The molecule has 26 heavy (non-hydrogen) atoms. The summed E-state index contributed by atoms with van der Waals surface area (Å²) >= 11 is 0.